The van der Waals surface area contributed by atoms with Gasteiger partial charge in [0, 0.05) is 17.8 Å². The molecule has 4 N–H and O–H groups in total. The van der Waals surface area contributed by atoms with Gasteiger partial charge in [0.1, 0.15) is 11.5 Å². The summed E-state index contributed by atoms with van der Waals surface area (Å²) in [6.45, 7) is 0.188. The monoisotopic (exact) mass is 389 g/mol. The van der Waals surface area contributed by atoms with Crippen LogP contribution in [0.25, 0.3) is 6.08 Å². The lowest BCUT2D eigenvalue weighted by Crippen LogP contribution is -2.34. The van der Waals surface area contributed by atoms with Crippen LogP contribution < -0.4 is 16.4 Å². The molecule has 0 fully saturated rings. The van der Waals surface area contributed by atoms with Crippen LogP contribution in [0.3, 0.4) is 0 Å². The average molecular weight is 389 g/mol. The van der Waals surface area contributed by atoms with Crippen LogP contribution in [0.2, 0.25) is 0 Å². The molecule has 0 atom stereocenters. The molecule has 0 aromatic heterocycles. The molecular formula is C23H20FN3O2. The predicted octanol–water partition coefficient (Wildman–Crippen LogP) is 3.50. The molecule has 0 aliphatic rings. The minimum absolute atomic E-state index is 0.000967. The van der Waals surface area contributed by atoms with Crippen LogP contribution in [0.15, 0.2) is 84.6 Å². The van der Waals surface area contributed by atoms with E-state index in [0.29, 0.717) is 16.8 Å². The van der Waals surface area contributed by atoms with E-state index in [0.717, 1.165) is 5.56 Å². The summed E-state index contributed by atoms with van der Waals surface area (Å²) in [5.41, 5.74) is 8.05. The average Bonchev–Trinajstić information content (AvgIpc) is 2.73. The summed E-state index contributed by atoms with van der Waals surface area (Å²) in [6, 6.07) is 21.4. The van der Waals surface area contributed by atoms with E-state index in [4.69, 9.17) is 5.73 Å². The molecule has 0 unspecified atom stereocenters. The third kappa shape index (κ3) is 5.52. The standard InChI is InChI=1S/C23H20FN3O2/c24-19-11-6-7-16(13-19)14-21(27-22(28)17-8-2-1-3-9-17)23(29)26-15-18-10-4-5-12-20(18)25/h1-14H,15,25H2,(H,26,29)(H,27,28)/b21-14-. The number of anilines is 1. The quantitative estimate of drug-likeness (QED) is 0.446. The van der Waals surface area contributed by atoms with Crippen LogP contribution in [0, 0.1) is 5.82 Å². The van der Waals surface area contributed by atoms with Crippen LogP contribution >= 0.6 is 0 Å². The molecule has 0 bridgehead atoms. The first-order valence-electron chi connectivity index (χ1n) is 8.98. The van der Waals surface area contributed by atoms with Gasteiger partial charge in [-0.2, -0.15) is 0 Å². The Bertz CT molecular complexity index is 1050. The van der Waals surface area contributed by atoms with Crippen LogP contribution in [0.4, 0.5) is 10.1 Å². The molecule has 5 nitrogen and oxygen atoms in total. The number of hydrogen-bond acceptors (Lipinski definition) is 3. The van der Waals surface area contributed by atoms with Crippen molar-refractivity contribution < 1.29 is 14.0 Å². The number of nitrogens with two attached hydrogens (primary N) is 1. The van der Waals surface area contributed by atoms with Crippen molar-refractivity contribution >= 4 is 23.6 Å². The van der Waals surface area contributed by atoms with E-state index < -0.39 is 17.6 Å². The highest BCUT2D eigenvalue weighted by atomic mass is 19.1. The maximum atomic E-state index is 13.5. The lowest BCUT2D eigenvalue weighted by atomic mass is 10.1. The number of carbonyl (C=O) groups excluding carboxylic acids is 2. The topological polar surface area (TPSA) is 84.2 Å². The molecule has 0 heterocycles. The van der Waals surface area contributed by atoms with Crippen molar-refractivity contribution in [2.45, 2.75) is 6.54 Å². The van der Waals surface area contributed by atoms with Gasteiger partial charge in [-0.3, -0.25) is 9.59 Å². The molecule has 0 saturated heterocycles. The number of amides is 2. The van der Waals surface area contributed by atoms with E-state index in [9.17, 15) is 14.0 Å². The largest absolute Gasteiger partial charge is 0.398 e. The maximum Gasteiger partial charge on any atom is 0.268 e. The summed E-state index contributed by atoms with van der Waals surface area (Å²) in [4.78, 5) is 25.3. The zero-order chi connectivity index (χ0) is 20.6. The Morgan fingerprint density at radius 3 is 2.38 bits per heavy atom. The summed E-state index contributed by atoms with van der Waals surface area (Å²) in [5, 5.41) is 5.34. The van der Waals surface area contributed by atoms with Crippen molar-refractivity contribution in [2.24, 2.45) is 0 Å². The van der Waals surface area contributed by atoms with E-state index in [1.807, 2.05) is 6.07 Å². The van der Waals surface area contributed by atoms with Crippen molar-refractivity contribution in [2.75, 3.05) is 5.73 Å². The summed E-state index contributed by atoms with van der Waals surface area (Å²) in [7, 11) is 0. The van der Waals surface area contributed by atoms with Crippen LogP contribution in [0.1, 0.15) is 21.5 Å². The van der Waals surface area contributed by atoms with Crippen molar-refractivity contribution in [3.63, 3.8) is 0 Å². The van der Waals surface area contributed by atoms with E-state index in [1.165, 1.54) is 24.3 Å². The molecular weight excluding hydrogens is 369 g/mol. The van der Waals surface area contributed by atoms with Gasteiger partial charge in [0.05, 0.1) is 0 Å². The Balaban J connectivity index is 1.82. The summed E-state index contributed by atoms with van der Waals surface area (Å²) < 4.78 is 13.5. The van der Waals surface area contributed by atoms with Gasteiger partial charge in [0.2, 0.25) is 0 Å². The van der Waals surface area contributed by atoms with Gasteiger partial charge in [0.15, 0.2) is 0 Å². The Morgan fingerprint density at radius 1 is 0.931 bits per heavy atom. The Labute approximate surface area is 168 Å². The Hall–Kier alpha value is -3.93. The molecule has 2 amide bonds. The molecule has 3 rings (SSSR count). The zero-order valence-corrected chi connectivity index (χ0v) is 15.6. The van der Waals surface area contributed by atoms with E-state index in [2.05, 4.69) is 10.6 Å². The molecule has 3 aromatic carbocycles. The third-order valence-corrected chi connectivity index (χ3v) is 4.18. The predicted molar refractivity (Wildman–Crippen MR) is 111 cm³/mol. The molecule has 6 heteroatoms. The zero-order valence-electron chi connectivity index (χ0n) is 15.6. The fraction of sp³-hybridized carbons (Fsp3) is 0.0435. The minimum atomic E-state index is -0.512. The highest BCUT2D eigenvalue weighted by molar-refractivity contribution is 6.05. The third-order valence-electron chi connectivity index (χ3n) is 4.18. The maximum absolute atomic E-state index is 13.5. The normalized spacial score (nSPS) is 11.0. The van der Waals surface area contributed by atoms with Crippen molar-refractivity contribution in [3.05, 3.63) is 107 Å². The smallest absolute Gasteiger partial charge is 0.268 e. The Kier molecular flexibility index (Phi) is 6.37. The van der Waals surface area contributed by atoms with Gasteiger partial charge in [-0.05, 0) is 47.5 Å². The molecule has 3 aromatic rings. The van der Waals surface area contributed by atoms with Crippen molar-refractivity contribution in [1.29, 1.82) is 0 Å². The van der Waals surface area contributed by atoms with E-state index in [1.54, 1.807) is 54.6 Å². The molecule has 146 valence electrons. The summed E-state index contributed by atoms with van der Waals surface area (Å²) in [6.07, 6.45) is 1.42. The second-order valence-corrected chi connectivity index (χ2v) is 6.31. The van der Waals surface area contributed by atoms with Crippen LogP contribution in [-0.4, -0.2) is 11.8 Å². The number of nitrogens with one attached hydrogen (secondary N) is 2. The van der Waals surface area contributed by atoms with Gasteiger partial charge < -0.3 is 16.4 Å². The highest BCUT2D eigenvalue weighted by Gasteiger charge is 2.15. The molecule has 0 spiro atoms. The number of halogens is 1. The Morgan fingerprint density at radius 2 is 1.66 bits per heavy atom. The highest BCUT2D eigenvalue weighted by Crippen LogP contribution is 2.12. The number of nitrogen functional groups attached to an aromatic ring is 1. The molecule has 0 aliphatic heterocycles. The summed E-state index contributed by atoms with van der Waals surface area (Å²) in [5.74, 6) is -1.39. The van der Waals surface area contributed by atoms with Gasteiger partial charge in [-0.1, -0.05) is 48.5 Å². The van der Waals surface area contributed by atoms with Crippen molar-refractivity contribution in [1.82, 2.24) is 10.6 Å². The second kappa shape index (κ2) is 9.32. The number of benzene rings is 3. The first-order valence-corrected chi connectivity index (χ1v) is 8.98. The number of rotatable bonds is 6. The molecule has 0 saturated carbocycles. The fourth-order valence-corrected chi connectivity index (χ4v) is 2.67. The first-order chi connectivity index (χ1) is 14.0. The molecule has 0 radical (unpaired) electrons. The van der Waals surface area contributed by atoms with Gasteiger partial charge in [-0.15, -0.1) is 0 Å². The first kappa shape index (κ1) is 19.8. The molecule has 0 aliphatic carbocycles. The lowest BCUT2D eigenvalue weighted by Gasteiger charge is -2.12. The fourth-order valence-electron chi connectivity index (χ4n) is 2.67. The number of hydrogen-bond donors (Lipinski definition) is 3. The SMILES string of the molecule is Nc1ccccc1CNC(=O)/C(=C/c1cccc(F)c1)NC(=O)c1ccccc1. The number of para-hydroxylation sites is 1. The lowest BCUT2D eigenvalue weighted by molar-refractivity contribution is -0.117. The van der Waals surface area contributed by atoms with Crippen molar-refractivity contribution in [3.8, 4) is 0 Å². The van der Waals surface area contributed by atoms with Gasteiger partial charge in [-0.25, -0.2) is 4.39 Å². The van der Waals surface area contributed by atoms with E-state index in [-0.39, 0.29) is 12.2 Å². The minimum Gasteiger partial charge on any atom is -0.398 e. The molecule has 29 heavy (non-hydrogen) atoms. The van der Waals surface area contributed by atoms with Crippen LogP contribution in [0.5, 0.6) is 0 Å². The second-order valence-electron chi connectivity index (χ2n) is 6.31. The van der Waals surface area contributed by atoms with E-state index >= 15 is 0 Å². The number of carbonyl (C=O) groups is 2. The van der Waals surface area contributed by atoms with Gasteiger partial charge in [0.25, 0.3) is 11.8 Å². The van der Waals surface area contributed by atoms with Crippen LogP contribution in [-0.2, 0) is 11.3 Å². The summed E-state index contributed by atoms with van der Waals surface area (Å²) >= 11 is 0. The van der Waals surface area contributed by atoms with Gasteiger partial charge >= 0.3 is 0 Å².